The fraction of sp³-hybridized carbons (Fsp3) is 0.684. The number of likely N-dealkylation sites (tertiary alicyclic amines) is 1. The van der Waals surface area contributed by atoms with Crippen LogP contribution < -0.4 is 0 Å². The van der Waals surface area contributed by atoms with E-state index in [4.69, 9.17) is 4.74 Å². The molecule has 0 bridgehead atoms. The van der Waals surface area contributed by atoms with E-state index in [2.05, 4.69) is 15.9 Å². The molecule has 1 aromatic carbocycles. The van der Waals surface area contributed by atoms with Crippen molar-refractivity contribution in [3.05, 3.63) is 35.1 Å². The lowest BCUT2D eigenvalue weighted by Gasteiger charge is -2.55. The van der Waals surface area contributed by atoms with Crippen molar-refractivity contribution in [1.82, 2.24) is 9.80 Å². The molecule has 0 aromatic heterocycles. The van der Waals surface area contributed by atoms with Crippen LogP contribution in [-0.4, -0.2) is 53.7 Å². The van der Waals surface area contributed by atoms with Gasteiger partial charge in [0.05, 0.1) is 5.60 Å². The third-order valence-electron chi connectivity index (χ3n) is 6.27. The predicted molar refractivity (Wildman–Crippen MR) is 86.8 cm³/mol. The monoisotopic (exact) mass is 316 g/mol. The van der Waals surface area contributed by atoms with Gasteiger partial charge in [-0.25, -0.2) is 4.39 Å². The third kappa shape index (κ3) is 2.51. The van der Waals surface area contributed by atoms with Crippen LogP contribution >= 0.6 is 0 Å². The molecule has 3 nitrogen and oxygen atoms in total. The highest BCUT2D eigenvalue weighted by Gasteiger charge is 2.52. The molecule has 1 aromatic rings. The summed E-state index contributed by atoms with van der Waals surface area (Å²) in [5.41, 5.74) is 2.22. The quantitative estimate of drug-likeness (QED) is 0.834. The first kappa shape index (κ1) is 14.4. The molecule has 3 aliphatic heterocycles. The predicted octanol–water partition coefficient (Wildman–Crippen LogP) is 2.58. The van der Waals surface area contributed by atoms with Crippen LogP contribution in [0.1, 0.15) is 36.8 Å². The van der Waals surface area contributed by atoms with E-state index in [0.29, 0.717) is 6.04 Å². The van der Waals surface area contributed by atoms with Gasteiger partial charge in [0.15, 0.2) is 0 Å². The normalized spacial score (nSPS) is 30.9. The molecule has 0 amide bonds. The van der Waals surface area contributed by atoms with E-state index in [0.717, 1.165) is 63.7 Å². The van der Waals surface area contributed by atoms with Gasteiger partial charge in [0.2, 0.25) is 0 Å². The van der Waals surface area contributed by atoms with E-state index in [1.807, 2.05) is 6.07 Å². The first-order valence-electron chi connectivity index (χ1n) is 9.11. The van der Waals surface area contributed by atoms with Gasteiger partial charge >= 0.3 is 0 Å². The van der Waals surface area contributed by atoms with Crippen LogP contribution in [0, 0.1) is 5.82 Å². The summed E-state index contributed by atoms with van der Waals surface area (Å²) in [5.74, 6) is -0.0301. The van der Waals surface area contributed by atoms with Crippen molar-refractivity contribution in [2.75, 3.05) is 26.2 Å². The van der Waals surface area contributed by atoms with Crippen molar-refractivity contribution in [2.24, 2.45) is 0 Å². The summed E-state index contributed by atoms with van der Waals surface area (Å²) >= 11 is 0. The second kappa shape index (κ2) is 5.27. The zero-order valence-electron chi connectivity index (χ0n) is 13.6. The number of ether oxygens (including phenoxy) is 1. The molecule has 3 fully saturated rings. The average molecular weight is 316 g/mol. The zero-order chi connectivity index (χ0) is 15.4. The van der Waals surface area contributed by atoms with Crippen LogP contribution in [0.2, 0.25) is 0 Å². The van der Waals surface area contributed by atoms with E-state index < -0.39 is 0 Å². The van der Waals surface area contributed by atoms with E-state index in [-0.39, 0.29) is 11.4 Å². The molecule has 0 N–H and O–H groups in total. The number of hydrogen-bond donors (Lipinski definition) is 0. The molecule has 3 heterocycles. The van der Waals surface area contributed by atoms with Crippen LogP contribution in [0.4, 0.5) is 4.39 Å². The van der Waals surface area contributed by atoms with Gasteiger partial charge in [0.25, 0.3) is 0 Å². The van der Waals surface area contributed by atoms with Crippen molar-refractivity contribution in [3.63, 3.8) is 0 Å². The van der Waals surface area contributed by atoms with Gasteiger partial charge in [0.1, 0.15) is 5.82 Å². The minimum absolute atomic E-state index is 0.0301. The SMILES string of the molecule is Fc1cccc2c1CN([C@H]1CCOC3(C1)CN(C1CC1)C3)CC2. The molecule has 0 unspecified atom stereocenters. The van der Waals surface area contributed by atoms with Crippen molar-refractivity contribution >= 4 is 0 Å². The molecule has 0 radical (unpaired) electrons. The number of rotatable bonds is 2. The summed E-state index contributed by atoms with van der Waals surface area (Å²) in [6.07, 6.45) is 5.95. The number of nitrogens with zero attached hydrogens (tertiary/aromatic N) is 2. The average Bonchev–Trinajstić information content (AvgIpc) is 3.37. The minimum atomic E-state index is -0.0301. The second-order valence-electron chi connectivity index (χ2n) is 7.91. The van der Waals surface area contributed by atoms with Gasteiger partial charge in [-0.3, -0.25) is 9.80 Å². The maximum Gasteiger partial charge on any atom is 0.127 e. The summed E-state index contributed by atoms with van der Waals surface area (Å²) in [6, 6.07) is 6.93. The maximum absolute atomic E-state index is 14.1. The Balaban J connectivity index is 1.28. The number of benzene rings is 1. The smallest absolute Gasteiger partial charge is 0.127 e. The van der Waals surface area contributed by atoms with Crippen molar-refractivity contribution < 1.29 is 9.13 Å². The summed E-state index contributed by atoms with van der Waals surface area (Å²) in [6.45, 7) is 4.93. The molecule has 1 spiro atoms. The molecule has 1 atom stereocenters. The summed E-state index contributed by atoms with van der Waals surface area (Å²) in [7, 11) is 0. The van der Waals surface area contributed by atoms with Gasteiger partial charge in [-0.05, 0) is 43.7 Å². The molecular formula is C19H25FN2O. The molecular weight excluding hydrogens is 291 g/mol. The lowest BCUT2D eigenvalue weighted by Crippen LogP contribution is -2.67. The lowest BCUT2D eigenvalue weighted by atomic mass is 9.82. The first-order valence-corrected chi connectivity index (χ1v) is 9.11. The third-order valence-corrected chi connectivity index (χ3v) is 6.27. The summed E-state index contributed by atoms with van der Waals surface area (Å²) < 4.78 is 20.3. The van der Waals surface area contributed by atoms with Crippen molar-refractivity contribution in [3.8, 4) is 0 Å². The standard InChI is InChI=1S/C19H25FN2O/c20-18-3-1-2-14-6-8-21(11-17(14)18)16-7-9-23-19(10-16)12-22(13-19)15-4-5-15/h1-3,15-16H,4-13H2/t16-/m0/s1. The van der Waals surface area contributed by atoms with Crippen LogP contribution in [0.15, 0.2) is 18.2 Å². The molecule has 1 saturated carbocycles. The number of halogens is 1. The van der Waals surface area contributed by atoms with Gasteiger partial charge in [-0.2, -0.15) is 0 Å². The lowest BCUT2D eigenvalue weighted by molar-refractivity contribution is -0.185. The molecule has 124 valence electrons. The maximum atomic E-state index is 14.1. The zero-order valence-corrected chi connectivity index (χ0v) is 13.6. The highest BCUT2D eigenvalue weighted by atomic mass is 19.1. The van der Waals surface area contributed by atoms with Crippen LogP contribution in [0.25, 0.3) is 0 Å². The Labute approximate surface area is 137 Å². The van der Waals surface area contributed by atoms with E-state index in [1.165, 1.54) is 18.4 Å². The van der Waals surface area contributed by atoms with E-state index in [9.17, 15) is 4.39 Å². The van der Waals surface area contributed by atoms with Gasteiger partial charge < -0.3 is 4.74 Å². The molecule has 1 aliphatic carbocycles. The Morgan fingerprint density at radius 1 is 1.09 bits per heavy atom. The van der Waals surface area contributed by atoms with Gasteiger partial charge in [-0.15, -0.1) is 0 Å². The first-order chi connectivity index (χ1) is 11.2. The Morgan fingerprint density at radius 3 is 2.78 bits per heavy atom. The fourth-order valence-electron chi connectivity index (χ4n) is 4.80. The topological polar surface area (TPSA) is 15.7 Å². The Hall–Kier alpha value is -0.970. The summed E-state index contributed by atoms with van der Waals surface area (Å²) in [5, 5.41) is 0. The Morgan fingerprint density at radius 2 is 1.96 bits per heavy atom. The van der Waals surface area contributed by atoms with Crippen LogP contribution in [0.3, 0.4) is 0 Å². The Kier molecular flexibility index (Phi) is 3.29. The van der Waals surface area contributed by atoms with E-state index in [1.54, 1.807) is 6.07 Å². The molecule has 4 heteroatoms. The Bertz CT molecular complexity index is 609. The highest BCUT2D eigenvalue weighted by Crippen LogP contribution is 2.42. The largest absolute Gasteiger partial charge is 0.372 e. The second-order valence-corrected chi connectivity index (χ2v) is 7.91. The van der Waals surface area contributed by atoms with Gasteiger partial charge in [-0.1, -0.05) is 12.1 Å². The number of fused-ring (bicyclic) bond motifs is 1. The van der Waals surface area contributed by atoms with Crippen molar-refractivity contribution in [2.45, 2.75) is 56.3 Å². The fourth-order valence-corrected chi connectivity index (χ4v) is 4.80. The van der Waals surface area contributed by atoms with Gasteiger partial charge in [0, 0.05) is 50.4 Å². The number of hydrogen-bond acceptors (Lipinski definition) is 3. The van der Waals surface area contributed by atoms with E-state index >= 15 is 0 Å². The molecule has 2 saturated heterocycles. The molecule has 4 aliphatic rings. The van der Waals surface area contributed by atoms with Crippen LogP contribution in [-0.2, 0) is 17.7 Å². The minimum Gasteiger partial charge on any atom is -0.372 e. The highest BCUT2D eigenvalue weighted by molar-refractivity contribution is 5.31. The van der Waals surface area contributed by atoms with Crippen molar-refractivity contribution in [1.29, 1.82) is 0 Å². The molecule has 5 rings (SSSR count). The van der Waals surface area contributed by atoms with Crippen LogP contribution in [0.5, 0.6) is 0 Å². The molecule has 23 heavy (non-hydrogen) atoms. The summed E-state index contributed by atoms with van der Waals surface area (Å²) in [4.78, 5) is 5.10.